The molecule has 0 amide bonds. The molecular weight excluding hydrogens is 222 g/mol. The summed E-state index contributed by atoms with van der Waals surface area (Å²) < 4.78 is 0. The molecular formula is C15H19N3. The van der Waals surface area contributed by atoms with Crippen LogP contribution in [0.3, 0.4) is 0 Å². The van der Waals surface area contributed by atoms with Gasteiger partial charge in [-0.05, 0) is 37.1 Å². The van der Waals surface area contributed by atoms with E-state index in [4.69, 9.17) is 0 Å². The molecule has 0 bridgehead atoms. The zero-order valence-electron chi connectivity index (χ0n) is 11.0. The van der Waals surface area contributed by atoms with Gasteiger partial charge in [-0.3, -0.25) is 9.97 Å². The third-order valence-corrected chi connectivity index (χ3v) is 2.90. The van der Waals surface area contributed by atoms with Gasteiger partial charge in [-0.2, -0.15) is 0 Å². The van der Waals surface area contributed by atoms with Crippen molar-refractivity contribution < 1.29 is 0 Å². The lowest BCUT2D eigenvalue weighted by molar-refractivity contribution is 0.675. The molecule has 1 aromatic heterocycles. The molecule has 0 aliphatic rings. The van der Waals surface area contributed by atoms with E-state index in [9.17, 15) is 0 Å². The van der Waals surface area contributed by atoms with Crippen molar-refractivity contribution in [2.75, 3.05) is 6.54 Å². The minimum atomic E-state index is 0.904. The van der Waals surface area contributed by atoms with Crippen LogP contribution in [0.25, 0.3) is 11.3 Å². The quantitative estimate of drug-likeness (QED) is 0.818. The highest BCUT2D eigenvalue weighted by molar-refractivity contribution is 5.63. The number of nitrogens with one attached hydrogen (secondary N) is 1. The molecule has 18 heavy (non-hydrogen) atoms. The molecule has 94 valence electrons. The average molecular weight is 241 g/mol. The highest BCUT2D eigenvalue weighted by Gasteiger charge is 2.04. The van der Waals surface area contributed by atoms with E-state index in [1.54, 1.807) is 12.4 Å². The van der Waals surface area contributed by atoms with Crippen LogP contribution in [-0.2, 0) is 6.54 Å². The van der Waals surface area contributed by atoms with E-state index in [0.717, 1.165) is 25.2 Å². The fourth-order valence-electron chi connectivity index (χ4n) is 1.90. The third kappa shape index (κ3) is 3.14. The third-order valence-electron chi connectivity index (χ3n) is 2.90. The van der Waals surface area contributed by atoms with E-state index in [-0.39, 0.29) is 0 Å². The number of hydrogen-bond acceptors (Lipinski definition) is 3. The molecule has 2 rings (SSSR count). The number of rotatable bonds is 5. The molecule has 0 fully saturated rings. The number of aromatic nitrogens is 2. The minimum absolute atomic E-state index is 0.904. The Hall–Kier alpha value is -1.74. The minimum Gasteiger partial charge on any atom is -0.313 e. The fourth-order valence-corrected chi connectivity index (χ4v) is 1.90. The number of hydrogen-bond donors (Lipinski definition) is 1. The van der Waals surface area contributed by atoms with E-state index in [2.05, 4.69) is 47.3 Å². The van der Waals surface area contributed by atoms with Gasteiger partial charge in [-0.1, -0.05) is 19.1 Å². The highest BCUT2D eigenvalue weighted by Crippen LogP contribution is 2.21. The topological polar surface area (TPSA) is 37.8 Å². The summed E-state index contributed by atoms with van der Waals surface area (Å²) in [6.07, 6.45) is 6.40. The van der Waals surface area contributed by atoms with E-state index in [1.807, 2.05) is 6.20 Å². The molecule has 0 saturated carbocycles. The predicted molar refractivity (Wildman–Crippen MR) is 74.2 cm³/mol. The molecule has 0 aliphatic heterocycles. The molecule has 2 aromatic rings. The van der Waals surface area contributed by atoms with Crippen LogP contribution < -0.4 is 5.32 Å². The second-order valence-electron chi connectivity index (χ2n) is 4.42. The van der Waals surface area contributed by atoms with Crippen molar-refractivity contribution in [1.82, 2.24) is 15.3 Å². The standard InChI is InChI=1S/C15H19N3/c1-3-6-16-10-13-5-4-12(2)14(9-13)15-11-17-7-8-18-15/h4-5,7-9,11,16H,3,6,10H2,1-2H3. The van der Waals surface area contributed by atoms with Crippen molar-refractivity contribution in [1.29, 1.82) is 0 Å². The second-order valence-corrected chi connectivity index (χ2v) is 4.42. The van der Waals surface area contributed by atoms with Gasteiger partial charge in [0.2, 0.25) is 0 Å². The zero-order valence-corrected chi connectivity index (χ0v) is 11.0. The normalized spacial score (nSPS) is 10.6. The van der Waals surface area contributed by atoms with E-state index < -0.39 is 0 Å². The first kappa shape index (κ1) is 12.7. The lowest BCUT2D eigenvalue weighted by Gasteiger charge is -2.09. The number of benzene rings is 1. The van der Waals surface area contributed by atoms with Crippen molar-refractivity contribution in [3.63, 3.8) is 0 Å². The van der Waals surface area contributed by atoms with Gasteiger partial charge < -0.3 is 5.32 Å². The SMILES string of the molecule is CCCNCc1ccc(C)c(-c2cnccn2)c1. The van der Waals surface area contributed by atoms with Crippen LogP contribution in [0.1, 0.15) is 24.5 Å². The summed E-state index contributed by atoms with van der Waals surface area (Å²) in [5.41, 5.74) is 4.62. The van der Waals surface area contributed by atoms with Crippen LogP contribution in [0.15, 0.2) is 36.8 Å². The van der Waals surface area contributed by atoms with Crippen LogP contribution in [0, 0.1) is 6.92 Å². The molecule has 0 spiro atoms. The Labute approximate surface area is 108 Å². The molecule has 1 N–H and O–H groups in total. The largest absolute Gasteiger partial charge is 0.313 e. The first-order valence-corrected chi connectivity index (χ1v) is 6.38. The highest BCUT2D eigenvalue weighted by atomic mass is 14.8. The van der Waals surface area contributed by atoms with Gasteiger partial charge in [0.05, 0.1) is 11.9 Å². The lowest BCUT2D eigenvalue weighted by Crippen LogP contribution is -2.13. The monoisotopic (exact) mass is 241 g/mol. The maximum atomic E-state index is 4.36. The molecule has 0 aliphatic carbocycles. The van der Waals surface area contributed by atoms with Gasteiger partial charge in [-0.25, -0.2) is 0 Å². The van der Waals surface area contributed by atoms with Crippen LogP contribution >= 0.6 is 0 Å². The number of aryl methyl sites for hydroxylation is 1. The van der Waals surface area contributed by atoms with Crippen molar-refractivity contribution in [2.45, 2.75) is 26.8 Å². The van der Waals surface area contributed by atoms with E-state index in [0.29, 0.717) is 0 Å². The van der Waals surface area contributed by atoms with Crippen LogP contribution in [0.2, 0.25) is 0 Å². The molecule has 0 atom stereocenters. The summed E-state index contributed by atoms with van der Waals surface area (Å²) in [6, 6.07) is 6.51. The zero-order chi connectivity index (χ0) is 12.8. The van der Waals surface area contributed by atoms with Gasteiger partial charge in [0, 0.05) is 24.5 Å². The Balaban J connectivity index is 2.22. The molecule has 0 saturated heterocycles. The lowest BCUT2D eigenvalue weighted by atomic mass is 10.0. The van der Waals surface area contributed by atoms with Gasteiger partial charge >= 0.3 is 0 Å². The van der Waals surface area contributed by atoms with Gasteiger partial charge in [-0.15, -0.1) is 0 Å². The van der Waals surface area contributed by atoms with Crippen LogP contribution in [0.4, 0.5) is 0 Å². The van der Waals surface area contributed by atoms with Crippen molar-refractivity contribution in [3.8, 4) is 11.3 Å². The van der Waals surface area contributed by atoms with Crippen molar-refractivity contribution in [3.05, 3.63) is 47.9 Å². The summed E-state index contributed by atoms with van der Waals surface area (Å²) >= 11 is 0. The first-order chi connectivity index (χ1) is 8.81. The van der Waals surface area contributed by atoms with E-state index >= 15 is 0 Å². The summed E-state index contributed by atoms with van der Waals surface area (Å²) in [7, 11) is 0. The van der Waals surface area contributed by atoms with Crippen molar-refractivity contribution in [2.24, 2.45) is 0 Å². The molecule has 1 aromatic carbocycles. The summed E-state index contributed by atoms with van der Waals surface area (Å²) in [5, 5.41) is 3.41. The summed E-state index contributed by atoms with van der Waals surface area (Å²) in [4.78, 5) is 8.49. The maximum Gasteiger partial charge on any atom is 0.0887 e. The average Bonchev–Trinajstić information content (AvgIpc) is 2.42. The number of nitrogens with zero attached hydrogens (tertiary/aromatic N) is 2. The Morgan fingerprint density at radius 1 is 1.22 bits per heavy atom. The summed E-state index contributed by atoms with van der Waals surface area (Å²) in [5.74, 6) is 0. The molecule has 0 unspecified atom stereocenters. The van der Waals surface area contributed by atoms with Gasteiger partial charge in [0.1, 0.15) is 0 Å². The predicted octanol–water partition coefficient (Wildman–Crippen LogP) is 2.95. The Morgan fingerprint density at radius 3 is 2.83 bits per heavy atom. The molecule has 3 heteroatoms. The smallest absolute Gasteiger partial charge is 0.0887 e. The Bertz CT molecular complexity index is 494. The Morgan fingerprint density at radius 2 is 2.11 bits per heavy atom. The molecule has 3 nitrogen and oxygen atoms in total. The summed E-state index contributed by atoms with van der Waals surface area (Å²) in [6.45, 7) is 6.23. The first-order valence-electron chi connectivity index (χ1n) is 6.38. The molecule has 0 radical (unpaired) electrons. The maximum absolute atomic E-state index is 4.36. The molecule has 1 heterocycles. The van der Waals surface area contributed by atoms with Crippen LogP contribution in [0.5, 0.6) is 0 Å². The fraction of sp³-hybridized carbons (Fsp3) is 0.333. The van der Waals surface area contributed by atoms with E-state index in [1.165, 1.54) is 16.7 Å². The van der Waals surface area contributed by atoms with Crippen LogP contribution in [-0.4, -0.2) is 16.5 Å². The van der Waals surface area contributed by atoms with Crippen molar-refractivity contribution >= 4 is 0 Å². The Kier molecular flexibility index (Phi) is 4.42. The van der Waals surface area contributed by atoms with Gasteiger partial charge in [0.15, 0.2) is 0 Å². The second kappa shape index (κ2) is 6.26. The van der Waals surface area contributed by atoms with Gasteiger partial charge in [0.25, 0.3) is 0 Å².